The third-order valence-corrected chi connectivity index (χ3v) is 2.29. The zero-order valence-corrected chi connectivity index (χ0v) is 8.04. The van der Waals surface area contributed by atoms with Crippen LogP contribution in [0, 0.1) is 0 Å². The summed E-state index contributed by atoms with van der Waals surface area (Å²) in [5, 5.41) is 12.6. The first kappa shape index (κ1) is 10.6. The van der Waals surface area contributed by atoms with Gasteiger partial charge in [-0.2, -0.15) is 0 Å². The average Bonchev–Trinajstić information content (AvgIpc) is 2.26. The molecule has 0 bridgehead atoms. The topological polar surface area (TPSA) is 69.0 Å². The maximum absolute atomic E-state index is 9.02. The number of hydrogen-bond acceptors (Lipinski definition) is 2. The highest BCUT2D eigenvalue weighted by molar-refractivity contribution is 5.20. The van der Waals surface area contributed by atoms with Crippen molar-refractivity contribution < 1.29 is 5.11 Å². The predicted octanol–water partition coefficient (Wildman–Crippen LogP) is 2.46. The highest BCUT2D eigenvalue weighted by Gasteiger charge is 2.15. The molecule has 0 unspecified atom stereocenters. The van der Waals surface area contributed by atoms with Crippen LogP contribution in [-0.4, -0.2) is 17.8 Å². The summed E-state index contributed by atoms with van der Waals surface area (Å²) in [6.45, 7) is 1.81. The number of rotatable bonds is 4. The minimum absolute atomic E-state index is 0.0390. The van der Waals surface area contributed by atoms with E-state index < -0.39 is 0 Å². The van der Waals surface area contributed by atoms with Crippen molar-refractivity contribution in [2.24, 2.45) is 5.11 Å². The van der Waals surface area contributed by atoms with Crippen LogP contribution in [0.3, 0.4) is 0 Å². The van der Waals surface area contributed by atoms with Crippen LogP contribution in [0.15, 0.2) is 35.4 Å². The Morgan fingerprint density at radius 3 is 2.57 bits per heavy atom. The summed E-state index contributed by atoms with van der Waals surface area (Å²) in [4.78, 5) is 2.72. The number of aliphatic hydroxyl groups excluding tert-OH is 1. The van der Waals surface area contributed by atoms with Crippen molar-refractivity contribution in [1.82, 2.24) is 0 Å². The van der Waals surface area contributed by atoms with E-state index in [4.69, 9.17) is 10.6 Å². The lowest BCUT2D eigenvalue weighted by Crippen LogP contribution is -2.17. The third kappa shape index (κ3) is 2.49. The van der Waals surface area contributed by atoms with Crippen LogP contribution in [0.25, 0.3) is 10.4 Å². The first-order valence-electron chi connectivity index (χ1n) is 4.49. The molecule has 4 heteroatoms. The number of benzene rings is 1. The lowest BCUT2D eigenvalue weighted by molar-refractivity contribution is 0.252. The fourth-order valence-corrected chi connectivity index (χ4v) is 1.34. The molecule has 2 atom stereocenters. The van der Waals surface area contributed by atoms with Gasteiger partial charge < -0.3 is 5.11 Å². The minimum atomic E-state index is -0.387. The van der Waals surface area contributed by atoms with E-state index in [-0.39, 0.29) is 18.6 Å². The Balaban J connectivity index is 2.82. The van der Waals surface area contributed by atoms with Crippen molar-refractivity contribution in [2.75, 3.05) is 6.61 Å². The molecule has 74 valence electrons. The Hall–Kier alpha value is -1.51. The molecular weight excluding hydrogens is 178 g/mol. The van der Waals surface area contributed by atoms with Gasteiger partial charge in [0.2, 0.25) is 0 Å². The fraction of sp³-hybridized carbons (Fsp3) is 0.400. The molecule has 1 aromatic carbocycles. The normalized spacial score (nSPS) is 14.1. The summed E-state index contributed by atoms with van der Waals surface area (Å²) in [5.41, 5.74) is 9.38. The van der Waals surface area contributed by atoms with E-state index in [1.54, 1.807) is 0 Å². The Morgan fingerprint density at radius 2 is 2.07 bits per heavy atom. The second kappa shape index (κ2) is 5.27. The maximum Gasteiger partial charge on any atom is 0.0671 e. The molecule has 0 aliphatic heterocycles. The van der Waals surface area contributed by atoms with Crippen molar-refractivity contribution in [3.63, 3.8) is 0 Å². The summed E-state index contributed by atoms with van der Waals surface area (Å²) in [5.74, 6) is 0.0390. The molecular formula is C10H13N3O. The molecule has 0 saturated heterocycles. The van der Waals surface area contributed by atoms with Gasteiger partial charge in [0.15, 0.2) is 0 Å². The standard InChI is InChI=1S/C10H13N3O/c1-8(10(7-14)12-13-11)9-5-3-2-4-6-9/h2-6,8,10,14H,7H2,1H3/t8-,10-/m1/s1. The molecule has 1 N–H and O–H groups in total. The number of aliphatic hydroxyl groups is 1. The molecule has 4 nitrogen and oxygen atoms in total. The zero-order chi connectivity index (χ0) is 10.4. The summed E-state index contributed by atoms with van der Waals surface area (Å²) in [7, 11) is 0. The van der Waals surface area contributed by atoms with Gasteiger partial charge in [0, 0.05) is 4.91 Å². The molecule has 0 heterocycles. The maximum atomic E-state index is 9.02. The highest BCUT2D eigenvalue weighted by Crippen LogP contribution is 2.20. The second-order valence-corrected chi connectivity index (χ2v) is 3.15. The highest BCUT2D eigenvalue weighted by atomic mass is 16.3. The molecule has 0 saturated carbocycles. The van der Waals surface area contributed by atoms with Gasteiger partial charge >= 0.3 is 0 Å². The third-order valence-electron chi connectivity index (χ3n) is 2.29. The molecule has 0 aliphatic carbocycles. The Morgan fingerprint density at radius 1 is 1.43 bits per heavy atom. The van der Waals surface area contributed by atoms with Gasteiger partial charge in [-0.05, 0) is 17.0 Å². The monoisotopic (exact) mass is 191 g/mol. The van der Waals surface area contributed by atoms with Crippen LogP contribution in [0.2, 0.25) is 0 Å². The molecule has 1 rings (SSSR count). The van der Waals surface area contributed by atoms with Gasteiger partial charge in [0.05, 0.1) is 12.6 Å². The van der Waals surface area contributed by atoms with Crippen molar-refractivity contribution in [3.8, 4) is 0 Å². The van der Waals surface area contributed by atoms with Crippen LogP contribution in [-0.2, 0) is 0 Å². The molecule has 0 aromatic heterocycles. The van der Waals surface area contributed by atoms with Crippen LogP contribution in [0.5, 0.6) is 0 Å². The smallest absolute Gasteiger partial charge is 0.0671 e. The van der Waals surface area contributed by atoms with E-state index in [2.05, 4.69) is 10.0 Å². The fourth-order valence-electron chi connectivity index (χ4n) is 1.34. The minimum Gasteiger partial charge on any atom is -0.396 e. The van der Waals surface area contributed by atoms with Crippen LogP contribution in [0.4, 0.5) is 0 Å². The first-order chi connectivity index (χ1) is 6.79. The van der Waals surface area contributed by atoms with E-state index in [1.807, 2.05) is 37.3 Å². The first-order valence-corrected chi connectivity index (χ1v) is 4.49. The van der Waals surface area contributed by atoms with Gasteiger partial charge in [-0.3, -0.25) is 0 Å². The Bertz CT molecular complexity index is 319. The molecule has 0 radical (unpaired) electrons. The molecule has 0 aliphatic rings. The summed E-state index contributed by atoms with van der Waals surface area (Å²) >= 11 is 0. The SMILES string of the molecule is C[C@H](c1ccccc1)[C@@H](CO)N=[N+]=[N-]. The van der Waals surface area contributed by atoms with Gasteiger partial charge in [-0.1, -0.05) is 42.4 Å². The molecule has 0 fully saturated rings. The summed E-state index contributed by atoms with van der Waals surface area (Å²) in [6, 6.07) is 9.31. The van der Waals surface area contributed by atoms with Crippen LogP contribution in [0.1, 0.15) is 18.4 Å². The Labute approximate surface area is 82.8 Å². The molecule has 14 heavy (non-hydrogen) atoms. The number of nitrogens with zero attached hydrogens (tertiary/aromatic N) is 3. The van der Waals surface area contributed by atoms with E-state index in [0.717, 1.165) is 5.56 Å². The zero-order valence-electron chi connectivity index (χ0n) is 8.04. The molecule has 1 aromatic rings. The largest absolute Gasteiger partial charge is 0.396 e. The molecule has 0 spiro atoms. The van der Waals surface area contributed by atoms with Gasteiger partial charge in [0.1, 0.15) is 0 Å². The van der Waals surface area contributed by atoms with Crippen LogP contribution >= 0.6 is 0 Å². The quantitative estimate of drug-likeness (QED) is 0.443. The Kier molecular flexibility index (Phi) is 3.98. The van der Waals surface area contributed by atoms with Gasteiger partial charge in [0.25, 0.3) is 0 Å². The van der Waals surface area contributed by atoms with Crippen LogP contribution < -0.4 is 0 Å². The molecule has 0 amide bonds. The summed E-state index contributed by atoms with van der Waals surface area (Å²) in [6.07, 6.45) is 0. The number of hydrogen-bond donors (Lipinski definition) is 1. The average molecular weight is 191 g/mol. The number of azide groups is 1. The lowest BCUT2D eigenvalue weighted by atomic mass is 9.94. The summed E-state index contributed by atoms with van der Waals surface area (Å²) < 4.78 is 0. The van der Waals surface area contributed by atoms with Crippen molar-refractivity contribution in [3.05, 3.63) is 46.3 Å². The van der Waals surface area contributed by atoms with E-state index in [1.165, 1.54) is 0 Å². The van der Waals surface area contributed by atoms with Crippen molar-refractivity contribution in [2.45, 2.75) is 18.9 Å². The lowest BCUT2D eigenvalue weighted by Gasteiger charge is -2.17. The van der Waals surface area contributed by atoms with E-state index >= 15 is 0 Å². The van der Waals surface area contributed by atoms with E-state index in [9.17, 15) is 0 Å². The predicted molar refractivity (Wildman–Crippen MR) is 54.9 cm³/mol. The van der Waals surface area contributed by atoms with Gasteiger partial charge in [-0.15, -0.1) is 0 Å². The van der Waals surface area contributed by atoms with Crippen molar-refractivity contribution in [1.29, 1.82) is 0 Å². The van der Waals surface area contributed by atoms with E-state index in [0.29, 0.717) is 0 Å². The van der Waals surface area contributed by atoms with Gasteiger partial charge in [-0.25, -0.2) is 0 Å². The second-order valence-electron chi connectivity index (χ2n) is 3.15. The van der Waals surface area contributed by atoms with Crippen molar-refractivity contribution >= 4 is 0 Å².